The van der Waals surface area contributed by atoms with Crippen LogP contribution in [0, 0.1) is 0 Å². The van der Waals surface area contributed by atoms with Crippen molar-refractivity contribution in [3.8, 4) is 0 Å². The summed E-state index contributed by atoms with van der Waals surface area (Å²) in [5.41, 5.74) is -0.273. The average molecular weight is 534 g/mol. The molecule has 1 saturated heterocycles. The Bertz CT molecular complexity index is 1050. The normalized spacial score (nSPS) is 15.3. The highest BCUT2D eigenvalue weighted by Gasteiger charge is 2.32. The van der Waals surface area contributed by atoms with E-state index in [0.717, 1.165) is 20.9 Å². The summed E-state index contributed by atoms with van der Waals surface area (Å²) in [6.07, 6.45) is -4.42. The highest BCUT2D eigenvalue weighted by atomic mass is 79.9. The lowest BCUT2D eigenvalue weighted by atomic mass is 10.1. The highest BCUT2D eigenvalue weighted by molar-refractivity contribution is 9.10. The van der Waals surface area contributed by atoms with Crippen LogP contribution >= 0.6 is 15.9 Å². The fraction of sp³-hybridized carbons (Fsp3) is 0.381. The monoisotopic (exact) mass is 533 g/mol. The van der Waals surface area contributed by atoms with E-state index < -0.39 is 21.8 Å². The molecule has 1 aliphatic heterocycles. The number of amides is 1. The Hall–Kier alpha value is -2.11. The molecule has 0 aromatic heterocycles. The lowest BCUT2D eigenvalue weighted by Gasteiger charge is -2.37. The van der Waals surface area contributed by atoms with E-state index in [1.165, 1.54) is 18.2 Å². The van der Waals surface area contributed by atoms with Gasteiger partial charge in [0.25, 0.3) is 0 Å². The molecule has 0 saturated carbocycles. The van der Waals surface area contributed by atoms with Crippen LogP contribution < -0.4 is 4.90 Å². The molecule has 1 amide bonds. The zero-order valence-electron chi connectivity index (χ0n) is 17.3. The first-order chi connectivity index (χ1) is 15.0. The molecule has 32 heavy (non-hydrogen) atoms. The average Bonchev–Trinajstić information content (AvgIpc) is 2.77. The molecule has 0 radical (unpaired) electrons. The van der Waals surface area contributed by atoms with E-state index in [-0.39, 0.29) is 23.9 Å². The second-order valence-corrected chi connectivity index (χ2v) is 10.2. The van der Waals surface area contributed by atoms with Crippen LogP contribution in [0.25, 0.3) is 0 Å². The molecule has 11 heteroatoms. The smallest absolute Gasteiger partial charge is 0.368 e. The lowest BCUT2D eigenvalue weighted by Crippen LogP contribution is -2.51. The zero-order chi connectivity index (χ0) is 23.5. The number of alkyl halides is 3. The van der Waals surface area contributed by atoms with Crippen molar-refractivity contribution in [3.05, 3.63) is 58.6 Å². The van der Waals surface area contributed by atoms with Crippen LogP contribution in [0.15, 0.2) is 57.9 Å². The molecule has 0 N–H and O–H groups in total. The topological polar surface area (TPSA) is 60.9 Å². The van der Waals surface area contributed by atoms with Gasteiger partial charge in [-0.05, 0) is 42.5 Å². The summed E-state index contributed by atoms with van der Waals surface area (Å²) in [5, 5.41) is 0. The molecule has 2 aromatic rings. The fourth-order valence-corrected chi connectivity index (χ4v) is 5.13. The van der Waals surface area contributed by atoms with Crippen molar-refractivity contribution in [2.75, 3.05) is 44.2 Å². The second-order valence-electron chi connectivity index (χ2n) is 7.30. The largest absolute Gasteiger partial charge is 0.416 e. The van der Waals surface area contributed by atoms with Gasteiger partial charge in [-0.3, -0.25) is 4.79 Å². The maximum Gasteiger partial charge on any atom is 0.416 e. The van der Waals surface area contributed by atoms with Gasteiger partial charge in [0, 0.05) is 42.9 Å². The van der Waals surface area contributed by atoms with Crippen molar-refractivity contribution in [2.45, 2.75) is 18.0 Å². The minimum absolute atomic E-state index is 0.102. The Labute approximate surface area is 193 Å². The minimum Gasteiger partial charge on any atom is -0.368 e. The van der Waals surface area contributed by atoms with E-state index >= 15 is 0 Å². The fourth-order valence-electron chi connectivity index (χ4n) is 3.47. The molecule has 0 atom stereocenters. The molecule has 3 rings (SSSR count). The van der Waals surface area contributed by atoms with Gasteiger partial charge in [-0.25, -0.2) is 8.42 Å². The number of carbonyl (C=O) groups excluding carboxylic acids is 1. The van der Waals surface area contributed by atoms with Crippen molar-refractivity contribution >= 4 is 37.5 Å². The van der Waals surface area contributed by atoms with Crippen molar-refractivity contribution in [3.63, 3.8) is 0 Å². The number of benzene rings is 2. The Balaban J connectivity index is 1.63. The van der Waals surface area contributed by atoms with Crippen LogP contribution in [-0.2, 0) is 21.0 Å². The first kappa shape index (κ1) is 24.5. The van der Waals surface area contributed by atoms with E-state index in [1.54, 1.807) is 34.9 Å². The third-order valence-electron chi connectivity index (χ3n) is 5.29. The summed E-state index contributed by atoms with van der Waals surface area (Å²) in [5.74, 6) is -0.337. The van der Waals surface area contributed by atoms with Crippen LogP contribution in [0.5, 0.6) is 0 Å². The van der Waals surface area contributed by atoms with Gasteiger partial charge < -0.3 is 9.80 Å². The summed E-state index contributed by atoms with van der Waals surface area (Å²) in [4.78, 5) is 16.2. The molecule has 0 spiro atoms. The van der Waals surface area contributed by atoms with E-state index in [4.69, 9.17) is 0 Å². The molecular formula is C21H23BrF3N3O3S. The first-order valence-electron chi connectivity index (χ1n) is 9.98. The summed E-state index contributed by atoms with van der Waals surface area (Å²) in [6.45, 7) is 2.81. The molecule has 1 aliphatic rings. The van der Waals surface area contributed by atoms with E-state index in [0.29, 0.717) is 31.9 Å². The zero-order valence-corrected chi connectivity index (χ0v) is 19.8. The Kier molecular flexibility index (Phi) is 7.51. The number of hydrogen-bond donors (Lipinski definition) is 0. The van der Waals surface area contributed by atoms with Crippen molar-refractivity contribution in [1.29, 1.82) is 0 Å². The van der Waals surface area contributed by atoms with Gasteiger partial charge in [-0.2, -0.15) is 17.5 Å². The standard InChI is InChI=1S/C21H23BrF3N3O3S/c1-2-28(32(30,31)19-8-6-17(22)7-9-19)15-20(29)27-12-10-26(11-13-27)18-5-3-4-16(14-18)21(23,24)25/h3-9,14H,2,10-13,15H2,1H3. The number of likely N-dealkylation sites (N-methyl/N-ethyl adjacent to an activating group) is 1. The number of rotatable bonds is 6. The van der Waals surface area contributed by atoms with Crippen LogP contribution in [0.2, 0.25) is 0 Å². The van der Waals surface area contributed by atoms with Crippen molar-refractivity contribution in [2.24, 2.45) is 0 Å². The van der Waals surface area contributed by atoms with Gasteiger partial charge in [0.05, 0.1) is 17.0 Å². The van der Waals surface area contributed by atoms with E-state index in [9.17, 15) is 26.4 Å². The van der Waals surface area contributed by atoms with Crippen molar-refractivity contribution < 1.29 is 26.4 Å². The predicted molar refractivity (Wildman–Crippen MR) is 119 cm³/mol. The van der Waals surface area contributed by atoms with Crippen LogP contribution in [0.4, 0.5) is 18.9 Å². The highest BCUT2D eigenvalue weighted by Crippen LogP contribution is 2.32. The van der Waals surface area contributed by atoms with Gasteiger partial charge in [-0.1, -0.05) is 28.9 Å². The van der Waals surface area contributed by atoms with Gasteiger partial charge in [0.2, 0.25) is 15.9 Å². The molecular weight excluding hydrogens is 511 g/mol. The number of nitrogens with zero attached hydrogens (tertiary/aromatic N) is 3. The van der Waals surface area contributed by atoms with Crippen molar-refractivity contribution in [1.82, 2.24) is 9.21 Å². The molecule has 2 aromatic carbocycles. The first-order valence-corrected chi connectivity index (χ1v) is 12.2. The Morgan fingerprint density at radius 3 is 2.25 bits per heavy atom. The number of carbonyl (C=O) groups is 1. The third-order valence-corrected chi connectivity index (χ3v) is 7.75. The SMILES string of the molecule is CCN(CC(=O)N1CCN(c2cccc(C(F)(F)F)c2)CC1)S(=O)(=O)c1ccc(Br)cc1. The Morgan fingerprint density at radius 2 is 1.69 bits per heavy atom. The van der Waals surface area contributed by atoms with Gasteiger partial charge in [-0.15, -0.1) is 0 Å². The summed E-state index contributed by atoms with van der Waals surface area (Å²) in [7, 11) is -3.83. The number of hydrogen-bond acceptors (Lipinski definition) is 4. The molecule has 0 unspecified atom stereocenters. The van der Waals surface area contributed by atoms with E-state index in [1.807, 2.05) is 0 Å². The maximum absolute atomic E-state index is 13.0. The van der Waals surface area contributed by atoms with E-state index in [2.05, 4.69) is 15.9 Å². The summed E-state index contributed by atoms with van der Waals surface area (Å²) >= 11 is 3.27. The maximum atomic E-state index is 13.0. The number of piperazine rings is 1. The molecule has 1 fully saturated rings. The number of anilines is 1. The van der Waals surface area contributed by atoms with Crippen LogP contribution in [0.1, 0.15) is 12.5 Å². The third kappa shape index (κ3) is 5.62. The predicted octanol–water partition coefficient (Wildman–Crippen LogP) is 3.83. The van der Waals surface area contributed by atoms with Gasteiger partial charge in [0.15, 0.2) is 0 Å². The second kappa shape index (κ2) is 9.80. The minimum atomic E-state index is -4.42. The molecule has 6 nitrogen and oxygen atoms in total. The lowest BCUT2D eigenvalue weighted by molar-refractivity contribution is -0.137. The quantitative estimate of drug-likeness (QED) is 0.566. The van der Waals surface area contributed by atoms with Crippen LogP contribution in [-0.4, -0.2) is 62.8 Å². The van der Waals surface area contributed by atoms with Gasteiger partial charge in [0.1, 0.15) is 0 Å². The molecule has 174 valence electrons. The van der Waals surface area contributed by atoms with Crippen LogP contribution in [0.3, 0.4) is 0 Å². The number of halogens is 4. The number of sulfonamides is 1. The summed E-state index contributed by atoms with van der Waals surface area (Å²) in [6, 6.07) is 11.3. The van der Waals surface area contributed by atoms with Gasteiger partial charge >= 0.3 is 6.18 Å². The molecule has 1 heterocycles. The Morgan fingerprint density at radius 1 is 1.06 bits per heavy atom. The molecule has 0 aliphatic carbocycles. The molecule has 0 bridgehead atoms. The summed E-state index contributed by atoms with van der Waals surface area (Å²) < 4.78 is 66.5.